The van der Waals surface area contributed by atoms with Gasteiger partial charge in [0.15, 0.2) is 0 Å². The molecule has 1 atom stereocenters. The first-order valence-corrected chi connectivity index (χ1v) is 6.13. The predicted molar refractivity (Wildman–Crippen MR) is 61.4 cm³/mol. The topological polar surface area (TPSA) is 15.3 Å². The van der Waals surface area contributed by atoms with Gasteiger partial charge in [-0.15, -0.1) is 6.58 Å². The van der Waals surface area contributed by atoms with Gasteiger partial charge in [-0.1, -0.05) is 6.08 Å². The van der Waals surface area contributed by atoms with Crippen molar-refractivity contribution in [2.45, 2.75) is 13.0 Å². The van der Waals surface area contributed by atoms with Crippen molar-refractivity contribution in [3.05, 3.63) is 12.7 Å². The van der Waals surface area contributed by atoms with Crippen LogP contribution >= 0.6 is 11.8 Å². The van der Waals surface area contributed by atoms with E-state index in [9.17, 15) is 0 Å². The monoisotopic (exact) mass is 200 g/mol. The number of nitrogens with zero attached hydrogens (tertiary/aromatic N) is 1. The second kappa shape index (κ2) is 6.46. The van der Waals surface area contributed by atoms with Gasteiger partial charge in [-0.2, -0.15) is 11.8 Å². The Balaban J connectivity index is 2.08. The van der Waals surface area contributed by atoms with Crippen LogP contribution in [0.25, 0.3) is 0 Å². The molecule has 1 aliphatic heterocycles. The Hall–Kier alpha value is 0.0100. The minimum atomic E-state index is 0.754. The molecule has 0 aromatic rings. The maximum absolute atomic E-state index is 3.68. The van der Waals surface area contributed by atoms with E-state index in [1.54, 1.807) is 0 Å². The van der Waals surface area contributed by atoms with Crippen molar-refractivity contribution < 1.29 is 0 Å². The number of nitrogens with one attached hydrogen (secondary N) is 1. The van der Waals surface area contributed by atoms with Crippen LogP contribution in [-0.2, 0) is 0 Å². The molecule has 0 amide bonds. The standard InChI is InChI=1S/C10H20N2S/c1-3-4-11-5-6-12-7-8-13-9-10(12)2/h3,10-11H,1,4-9H2,2H3. The smallest absolute Gasteiger partial charge is 0.0158 e. The van der Waals surface area contributed by atoms with Gasteiger partial charge in [-0.05, 0) is 6.92 Å². The molecule has 3 heteroatoms. The molecule has 1 rings (SSSR count). The normalized spacial score (nSPS) is 24.5. The molecule has 1 fully saturated rings. The highest BCUT2D eigenvalue weighted by molar-refractivity contribution is 7.99. The highest BCUT2D eigenvalue weighted by Gasteiger charge is 2.17. The molecule has 76 valence electrons. The highest BCUT2D eigenvalue weighted by Crippen LogP contribution is 2.14. The molecule has 1 heterocycles. The largest absolute Gasteiger partial charge is 0.312 e. The third-order valence-electron chi connectivity index (χ3n) is 2.37. The Morgan fingerprint density at radius 1 is 1.69 bits per heavy atom. The molecule has 1 aliphatic rings. The molecule has 1 unspecified atom stereocenters. The summed E-state index contributed by atoms with van der Waals surface area (Å²) in [5, 5.41) is 3.34. The molecule has 0 radical (unpaired) electrons. The van der Waals surface area contributed by atoms with Gasteiger partial charge in [0.2, 0.25) is 0 Å². The van der Waals surface area contributed by atoms with Crippen LogP contribution in [-0.4, -0.2) is 48.6 Å². The minimum Gasteiger partial charge on any atom is -0.312 e. The first-order chi connectivity index (χ1) is 6.34. The molecule has 0 saturated carbocycles. The summed E-state index contributed by atoms with van der Waals surface area (Å²) in [6.45, 7) is 10.4. The lowest BCUT2D eigenvalue weighted by Crippen LogP contribution is -2.43. The molecular weight excluding hydrogens is 180 g/mol. The van der Waals surface area contributed by atoms with E-state index in [4.69, 9.17) is 0 Å². The Labute approximate surface area is 85.8 Å². The Morgan fingerprint density at radius 3 is 3.23 bits per heavy atom. The second-order valence-electron chi connectivity index (χ2n) is 3.45. The zero-order valence-electron chi connectivity index (χ0n) is 8.46. The molecule has 2 nitrogen and oxygen atoms in total. The van der Waals surface area contributed by atoms with Crippen molar-refractivity contribution in [1.82, 2.24) is 10.2 Å². The van der Waals surface area contributed by atoms with Crippen LogP contribution in [0.4, 0.5) is 0 Å². The fourth-order valence-electron chi connectivity index (χ4n) is 1.52. The third kappa shape index (κ3) is 4.16. The third-order valence-corrected chi connectivity index (χ3v) is 3.56. The summed E-state index contributed by atoms with van der Waals surface area (Å²) in [5.41, 5.74) is 0. The van der Waals surface area contributed by atoms with Crippen LogP contribution in [0.1, 0.15) is 6.92 Å². The van der Waals surface area contributed by atoms with Crippen molar-refractivity contribution >= 4 is 11.8 Å². The Kier molecular flexibility index (Phi) is 5.51. The highest BCUT2D eigenvalue weighted by atomic mass is 32.2. The van der Waals surface area contributed by atoms with Crippen LogP contribution in [0.5, 0.6) is 0 Å². The number of rotatable bonds is 5. The van der Waals surface area contributed by atoms with E-state index >= 15 is 0 Å². The molecule has 1 N–H and O–H groups in total. The molecule has 0 aliphatic carbocycles. The van der Waals surface area contributed by atoms with E-state index < -0.39 is 0 Å². The molecule has 0 bridgehead atoms. The van der Waals surface area contributed by atoms with E-state index in [2.05, 4.69) is 35.5 Å². The summed E-state index contributed by atoms with van der Waals surface area (Å²) in [7, 11) is 0. The van der Waals surface area contributed by atoms with Gasteiger partial charge in [-0.25, -0.2) is 0 Å². The Bertz CT molecular complexity index is 150. The molecule has 0 aromatic carbocycles. The van der Waals surface area contributed by atoms with Crippen molar-refractivity contribution in [3.63, 3.8) is 0 Å². The lowest BCUT2D eigenvalue weighted by molar-refractivity contribution is 0.234. The number of hydrogen-bond acceptors (Lipinski definition) is 3. The molecular formula is C10H20N2S. The van der Waals surface area contributed by atoms with E-state index in [0.29, 0.717) is 0 Å². The van der Waals surface area contributed by atoms with Gasteiger partial charge in [0, 0.05) is 43.7 Å². The first-order valence-electron chi connectivity index (χ1n) is 4.98. The molecule has 0 aromatic heterocycles. The number of hydrogen-bond donors (Lipinski definition) is 1. The van der Waals surface area contributed by atoms with Gasteiger partial charge >= 0.3 is 0 Å². The molecule has 13 heavy (non-hydrogen) atoms. The van der Waals surface area contributed by atoms with E-state index in [1.165, 1.54) is 24.6 Å². The summed E-state index contributed by atoms with van der Waals surface area (Å²) >= 11 is 2.07. The van der Waals surface area contributed by atoms with E-state index in [0.717, 1.165) is 19.1 Å². The summed E-state index contributed by atoms with van der Waals surface area (Å²) in [4.78, 5) is 2.56. The SMILES string of the molecule is C=CCNCCN1CCSCC1C. The van der Waals surface area contributed by atoms with Gasteiger partial charge in [-0.3, -0.25) is 4.90 Å². The second-order valence-corrected chi connectivity index (χ2v) is 4.60. The first kappa shape index (κ1) is 11.1. The molecule has 0 spiro atoms. The lowest BCUT2D eigenvalue weighted by Gasteiger charge is -2.32. The average molecular weight is 200 g/mol. The van der Waals surface area contributed by atoms with Gasteiger partial charge < -0.3 is 5.32 Å². The number of thioether (sulfide) groups is 1. The minimum absolute atomic E-state index is 0.754. The average Bonchev–Trinajstić information content (AvgIpc) is 2.15. The maximum atomic E-state index is 3.68. The van der Waals surface area contributed by atoms with E-state index in [-0.39, 0.29) is 0 Å². The fraction of sp³-hybridized carbons (Fsp3) is 0.800. The van der Waals surface area contributed by atoms with Gasteiger partial charge in [0.25, 0.3) is 0 Å². The van der Waals surface area contributed by atoms with Crippen molar-refractivity contribution in [2.75, 3.05) is 37.7 Å². The predicted octanol–water partition coefficient (Wildman–Crippen LogP) is 1.20. The van der Waals surface area contributed by atoms with Crippen LogP contribution in [0.3, 0.4) is 0 Å². The van der Waals surface area contributed by atoms with Crippen molar-refractivity contribution in [3.8, 4) is 0 Å². The maximum Gasteiger partial charge on any atom is 0.0158 e. The summed E-state index contributed by atoms with van der Waals surface area (Å²) in [6.07, 6.45) is 1.91. The fourth-order valence-corrected chi connectivity index (χ4v) is 2.60. The van der Waals surface area contributed by atoms with Crippen LogP contribution in [0, 0.1) is 0 Å². The van der Waals surface area contributed by atoms with E-state index in [1.807, 2.05) is 6.08 Å². The zero-order valence-corrected chi connectivity index (χ0v) is 9.28. The van der Waals surface area contributed by atoms with Crippen LogP contribution in [0.2, 0.25) is 0 Å². The molecule has 1 saturated heterocycles. The van der Waals surface area contributed by atoms with Crippen molar-refractivity contribution in [2.24, 2.45) is 0 Å². The van der Waals surface area contributed by atoms with Crippen LogP contribution in [0.15, 0.2) is 12.7 Å². The summed E-state index contributed by atoms with van der Waals surface area (Å²) < 4.78 is 0. The Morgan fingerprint density at radius 2 is 2.54 bits per heavy atom. The van der Waals surface area contributed by atoms with Crippen LogP contribution < -0.4 is 5.32 Å². The zero-order chi connectivity index (χ0) is 9.52. The summed E-state index contributed by atoms with van der Waals surface area (Å²) in [6, 6.07) is 0.754. The lowest BCUT2D eigenvalue weighted by atomic mass is 10.3. The quantitative estimate of drug-likeness (QED) is 0.530. The van der Waals surface area contributed by atoms with Crippen molar-refractivity contribution in [1.29, 1.82) is 0 Å². The van der Waals surface area contributed by atoms with Gasteiger partial charge in [0.1, 0.15) is 0 Å². The summed E-state index contributed by atoms with van der Waals surface area (Å²) in [5.74, 6) is 2.59. The van der Waals surface area contributed by atoms with Gasteiger partial charge in [0.05, 0.1) is 0 Å².